The number of amides is 1. The standard InChI is InChI=1S/C12H15F3N2O/c1-2-17(11(18)7-12(13,14)15)10-5-3-9(8-16)4-6-10/h3-6H,2,7-8,16H2,1H3. The third-order valence-electron chi connectivity index (χ3n) is 2.45. The Kier molecular flexibility index (Phi) is 4.72. The van der Waals surface area contributed by atoms with Crippen molar-refractivity contribution in [1.82, 2.24) is 0 Å². The van der Waals surface area contributed by atoms with Crippen molar-refractivity contribution in [2.24, 2.45) is 5.73 Å². The second-order valence-electron chi connectivity index (χ2n) is 3.80. The monoisotopic (exact) mass is 260 g/mol. The number of hydrogen-bond acceptors (Lipinski definition) is 2. The Labute approximate surface area is 103 Å². The van der Waals surface area contributed by atoms with Crippen molar-refractivity contribution in [3.05, 3.63) is 29.8 Å². The lowest BCUT2D eigenvalue weighted by Crippen LogP contribution is -2.34. The van der Waals surface area contributed by atoms with Gasteiger partial charge in [0.2, 0.25) is 5.91 Å². The summed E-state index contributed by atoms with van der Waals surface area (Å²) in [5, 5.41) is 0. The van der Waals surface area contributed by atoms with Crippen LogP contribution in [0.4, 0.5) is 18.9 Å². The first-order chi connectivity index (χ1) is 8.37. The number of benzene rings is 1. The number of carbonyl (C=O) groups excluding carboxylic acids is 1. The Hall–Kier alpha value is -1.56. The molecule has 0 radical (unpaired) electrons. The van der Waals surface area contributed by atoms with Crippen molar-refractivity contribution in [3.8, 4) is 0 Å². The summed E-state index contributed by atoms with van der Waals surface area (Å²) in [4.78, 5) is 12.6. The summed E-state index contributed by atoms with van der Waals surface area (Å²) < 4.78 is 36.5. The second kappa shape index (κ2) is 5.86. The van der Waals surface area contributed by atoms with Gasteiger partial charge in [0.15, 0.2) is 0 Å². The molecule has 0 aliphatic heterocycles. The molecule has 1 aromatic rings. The summed E-state index contributed by atoms with van der Waals surface area (Å²) in [6.07, 6.45) is -5.93. The van der Waals surface area contributed by atoms with E-state index in [-0.39, 0.29) is 6.54 Å². The largest absolute Gasteiger partial charge is 0.397 e. The summed E-state index contributed by atoms with van der Waals surface area (Å²) in [6, 6.07) is 6.58. The molecule has 0 bridgehead atoms. The zero-order valence-electron chi connectivity index (χ0n) is 10.00. The van der Waals surface area contributed by atoms with Crippen molar-refractivity contribution in [2.45, 2.75) is 26.1 Å². The van der Waals surface area contributed by atoms with Gasteiger partial charge in [-0.15, -0.1) is 0 Å². The third-order valence-corrected chi connectivity index (χ3v) is 2.45. The van der Waals surface area contributed by atoms with Gasteiger partial charge in [0, 0.05) is 18.8 Å². The van der Waals surface area contributed by atoms with E-state index >= 15 is 0 Å². The van der Waals surface area contributed by atoms with E-state index in [1.165, 1.54) is 0 Å². The normalized spacial score (nSPS) is 11.4. The molecule has 1 amide bonds. The van der Waals surface area contributed by atoms with Crippen molar-refractivity contribution < 1.29 is 18.0 Å². The molecule has 3 nitrogen and oxygen atoms in total. The molecule has 18 heavy (non-hydrogen) atoms. The van der Waals surface area contributed by atoms with E-state index < -0.39 is 18.5 Å². The van der Waals surface area contributed by atoms with E-state index in [1.807, 2.05) is 0 Å². The van der Waals surface area contributed by atoms with Crippen molar-refractivity contribution in [2.75, 3.05) is 11.4 Å². The maximum absolute atomic E-state index is 12.2. The molecule has 100 valence electrons. The fourth-order valence-corrected chi connectivity index (χ4v) is 1.58. The highest BCUT2D eigenvalue weighted by Gasteiger charge is 2.33. The molecular formula is C12H15F3N2O. The van der Waals surface area contributed by atoms with E-state index in [0.29, 0.717) is 12.2 Å². The fourth-order valence-electron chi connectivity index (χ4n) is 1.58. The number of anilines is 1. The van der Waals surface area contributed by atoms with Gasteiger partial charge in [-0.1, -0.05) is 12.1 Å². The molecule has 0 spiro atoms. The molecule has 6 heteroatoms. The zero-order valence-corrected chi connectivity index (χ0v) is 10.00. The van der Waals surface area contributed by atoms with Gasteiger partial charge in [-0.25, -0.2) is 0 Å². The topological polar surface area (TPSA) is 46.3 Å². The molecule has 0 aliphatic carbocycles. The summed E-state index contributed by atoms with van der Waals surface area (Å²) in [7, 11) is 0. The predicted octanol–water partition coefficient (Wildman–Crippen LogP) is 2.45. The summed E-state index contributed by atoms with van der Waals surface area (Å²) >= 11 is 0. The molecule has 0 fully saturated rings. The van der Waals surface area contributed by atoms with E-state index in [4.69, 9.17) is 5.73 Å². The molecule has 0 heterocycles. The van der Waals surface area contributed by atoms with Crippen molar-refractivity contribution >= 4 is 11.6 Å². The Morgan fingerprint density at radius 2 is 1.83 bits per heavy atom. The van der Waals surface area contributed by atoms with Crippen LogP contribution in [-0.4, -0.2) is 18.6 Å². The summed E-state index contributed by atoms with van der Waals surface area (Å²) in [5.74, 6) is -0.953. The Bertz CT molecular complexity index is 401. The summed E-state index contributed by atoms with van der Waals surface area (Å²) in [5.41, 5.74) is 6.73. The van der Waals surface area contributed by atoms with Crippen LogP contribution in [0.25, 0.3) is 0 Å². The first-order valence-corrected chi connectivity index (χ1v) is 5.53. The Morgan fingerprint density at radius 3 is 2.22 bits per heavy atom. The van der Waals surface area contributed by atoms with Crippen molar-refractivity contribution in [1.29, 1.82) is 0 Å². The lowest BCUT2D eigenvalue weighted by atomic mass is 10.2. The maximum atomic E-state index is 12.2. The number of carbonyl (C=O) groups is 1. The molecule has 0 aliphatic rings. The van der Waals surface area contributed by atoms with Crippen LogP contribution in [0, 0.1) is 0 Å². The van der Waals surface area contributed by atoms with Crippen LogP contribution in [0.5, 0.6) is 0 Å². The van der Waals surface area contributed by atoms with E-state index in [0.717, 1.165) is 10.5 Å². The smallest absolute Gasteiger partial charge is 0.326 e. The third kappa shape index (κ3) is 4.03. The van der Waals surface area contributed by atoms with Gasteiger partial charge in [-0.2, -0.15) is 13.2 Å². The summed E-state index contributed by atoms with van der Waals surface area (Å²) in [6.45, 7) is 2.17. The molecule has 1 rings (SSSR count). The molecule has 0 saturated heterocycles. The minimum absolute atomic E-state index is 0.191. The number of nitrogens with zero attached hydrogens (tertiary/aromatic N) is 1. The number of halogens is 3. The van der Waals surface area contributed by atoms with Crippen LogP contribution in [-0.2, 0) is 11.3 Å². The molecule has 2 N–H and O–H groups in total. The quantitative estimate of drug-likeness (QED) is 0.903. The number of hydrogen-bond donors (Lipinski definition) is 1. The molecule has 0 unspecified atom stereocenters. The second-order valence-corrected chi connectivity index (χ2v) is 3.80. The highest BCUT2D eigenvalue weighted by molar-refractivity contribution is 5.93. The molecule has 0 saturated carbocycles. The van der Waals surface area contributed by atoms with Crippen LogP contribution in [0.1, 0.15) is 18.9 Å². The van der Waals surface area contributed by atoms with Gasteiger partial charge in [-0.3, -0.25) is 4.79 Å². The zero-order chi connectivity index (χ0) is 13.8. The maximum Gasteiger partial charge on any atom is 0.397 e. The van der Waals surface area contributed by atoms with Gasteiger partial charge in [0.05, 0.1) is 0 Å². The van der Waals surface area contributed by atoms with Crippen LogP contribution >= 0.6 is 0 Å². The number of alkyl halides is 3. The van der Waals surface area contributed by atoms with E-state index in [2.05, 4.69) is 0 Å². The minimum atomic E-state index is -4.48. The van der Waals surface area contributed by atoms with E-state index in [9.17, 15) is 18.0 Å². The number of nitrogens with two attached hydrogens (primary N) is 1. The molecular weight excluding hydrogens is 245 g/mol. The average molecular weight is 260 g/mol. The number of rotatable bonds is 4. The van der Waals surface area contributed by atoms with Crippen LogP contribution in [0.15, 0.2) is 24.3 Å². The Balaban J connectivity index is 2.85. The van der Waals surface area contributed by atoms with Crippen LogP contribution in [0.2, 0.25) is 0 Å². The lowest BCUT2D eigenvalue weighted by Gasteiger charge is -2.22. The highest BCUT2D eigenvalue weighted by atomic mass is 19.4. The van der Waals surface area contributed by atoms with Gasteiger partial charge >= 0.3 is 6.18 Å². The first kappa shape index (κ1) is 14.5. The molecule has 1 aromatic carbocycles. The lowest BCUT2D eigenvalue weighted by molar-refractivity contribution is -0.151. The average Bonchev–Trinajstić information content (AvgIpc) is 2.28. The minimum Gasteiger partial charge on any atom is -0.326 e. The molecule has 0 aromatic heterocycles. The van der Waals surface area contributed by atoms with E-state index in [1.54, 1.807) is 31.2 Å². The molecule has 0 atom stereocenters. The predicted molar refractivity (Wildman–Crippen MR) is 63.0 cm³/mol. The van der Waals surface area contributed by atoms with Gasteiger partial charge in [0.25, 0.3) is 0 Å². The fraction of sp³-hybridized carbons (Fsp3) is 0.417. The SMILES string of the molecule is CCN(C(=O)CC(F)(F)F)c1ccc(CN)cc1. The van der Waals surface area contributed by atoms with Gasteiger partial charge in [0.1, 0.15) is 6.42 Å². The Morgan fingerprint density at radius 1 is 1.28 bits per heavy atom. The van der Waals surface area contributed by atoms with Gasteiger partial charge < -0.3 is 10.6 Å². The van der Waals surface area contributed by atoms with Crippen LogP contribution < -0.4 is 10.6 Å². The van der Waals surface area contributed by atoms with Crippen molar-refractivity contribution in [3.63, 3.8) is 0 Å². The first-order valence-electron chi connectivity index (χ1n) is 5.53. The van der Waals surface area contributed by atoms with Gasteiger partial charge in [-0.05, 0) is 24.6 Å². The highest BCUT2D eigenvalue weighted by Crippen LogP contribution is 2.23. The van der Waals surface area contributed by atoms with Crippen LogP contribution in [0.3, 0.4) is 0 Å².